The van der Waals surface area contributed by atoms with Gasteiger partial charge in [-0.05, 0) is 38.0 Å². The second-order valence-corrected chi connectivity index (χ2v) is 8.87. The maximum atomic E-state index is 14.1. The van der Waals surface area contributed by atoms with Crippen LogP contribution < -0.4 is 5.32 Å². The second kappa shape index (κ2) is 9.19. The summed E-state index contributed by atoms with van der Waals surface area (Å²) in [4.78, 5) is 30.9. The van der Waals surface area contributed by atoms with Crippen molar-refractivity contribution in [2.45, 2.75) is 56.7 Å². The number of hydrogen-bond donors (Lipinski definition) is 1. The Morgan fingerprint density at radius 2 is 2.11 bits per heavy atom. The van der Waals surface area contributed by atoms with Gasteiger partial charge in [-0.1, -0.05) is 47.0 Å². The lowest BCUT2D eigenvalue weighted by molar-refractivity contribution is -0.129. The Hall–Kier alpha value is -1.41. The quantitative estimate of drug-likeness (QED) is 0.716. The van der Waals surface area contributed by atoms with Crippen molar-refractivity contribution in [2.75, 3.05) is 6.54 Å². The third-order valence-electron chi connectivity index (χ3n) is 4.80. The van der Waals surface area contributed by atoms with E-state index in [4.69, 9.17) is 0 Å². The minimum atomic E-state index is -0.509. The first-order valence-corrected chi connectivity index (χ1v) is 11.0. The number of thioether (sulfide) groups is 1. The van der Waals surface area contributed by atoms with Crippen LogP contribution in [-0.4, -0.2) is 39.7 Å². The molecule has 1 aliphatic carbocycles. The molecule has 1 N–H and O–H groups in total. The molecule has 1 saturated carbocycles. The first-order chi connectivity index (χ1) is 13.0. The SMILES string of the molecule is CCN1C(=O)C(CC(=O)NC2CCCCC2)SC1=Nc1ccc(Br)cc1F. The smallest absolute Gasteiger partial charge is 0.242 e. The van der Waals surface area contributed by atoms with E-state index in [-0.39, 0.29) is 30.0 Å². The first kappa shape index (κ1) is 20.3. The molecule has 5 nitrogen and oxygen atoms in total. The summed E-state index contributed by atoms with van der Waals surface area (Å²) >= 11 is 4.46. The summed E-state index contributed by atoms with van der Waals surface area (Å²) in [6, 6.07) is 4.83. The van der Waals surface area contributed by atoms with E-state index in [1.165, 1.54) is 29.1 Å². The minimum absolute atomic E-state index is 0.0973. The highest BCUT2D eigenvalue weighted by atomic mass is 79.9. The molecule has 3 rings (SSSR count). The van der Waals surface area contributed by atoms with Gasteiger partial charge in [-0.3, -0.25) is 14.5 Å². The van der Waals surface area contributed by atoms with Crippen LogP contribution in [0.4, 0.5) is 10.1 Å². The van der Waals surface area contributed by atoms with Crippen molar-refractivity contribution in [1.82, 2.24) is 10.2 Å². The number of nitrogens with one attached hydrogen (secondary N) is 1. The number of carbonyl (C=O) groups is 2. The number of nitrogens with zero attached hydrogens (tertiary/aromatic N) is 2. The lowest BCUT2D eigenvalue weighted by Gasteiger charge is -2.23. The number of amides is 2. The van der Waals surface area contributed by atoms with Crippen molar-refractivity contribution >= 4 is 50.4 Å². The molecular weight excluding hydrogens is 433 g/mol. The Morgan fingerprint density at radius 3 is 2.78 bits per heavy atom. The standard InChI is InChI=1S/C19H23BrFN3O2S/c1-2-24-18(26)16(11-17(25)22-13-6-4-3-5-7-13)27-19(24)23-15-9-8-12(20)10-14(15)21/h8-10,13,16H,2-7,11H2,1H3,(H,22,25). The van der Waals surface area contributed by atoms with Gasteiger partial charge >= 0.3 is 0 Å². The predicted molar refractivity (Wildman–Crippen MR) is 110 cm³/mol. The molecule has 1 unspecified atom stereocenters. The maximum Gasteiger partial charge on any atom is 0.242 e. The zero-order valence-electron chi connectivity index (χ0n) is 15.2. The van der Waals surface area contributed by atoms with Gasteiger partial charge in [-0.25, -0.2) is 9.38 Å². The van der Waals surface area contributed by atoms with Crippen LogP contribution in [0.3, 0.4) is 0 Å². The summed E-state index contributed by atoms with van der Waals surface area (Å²) in [5.41, 5.74) is 0.180. The van der Waals surface area contributed by atoms with Crippen molar-refractivity contribution < 1.29 is 14.0 Å². The van der Waals surface area contributed by atoms with Gasteiger partial charge < -0.3 is 5.32 Å². The monoisotopic (exact) mass is 455 g/mol. The van der Waals surface area contributed by atoms with Crippen LogP contribution in [-0.2, 0) is 9.59 Å². The lowest BCUT2D eigenvalue weighted by Crippen LogP contribution is -2.39. The molecule has 0 bridgehead atoms. The molecule has 0 aromatic heterocycles. The highest BCUT2D eigenvalue weighted by molar-refractivity contribution is 9.10. The molecule has 27 heavy (non-hydrogen) atoms. The van der Waals surface area contributed by atoms with Gasteiger partial charge in [0, 0.05) is 23.5 Å². The number of aliphatic imine (C=N–C) groups is 1. The average Bonchev–Trinajstić information content (AvgIpc) is 2.92. The van der Waals surface area contributed by atoms with Gasteiger partial charge in [0.2, 0.25) is 11.8 Å². The third kappa shape index (κ3) is 5.10. The normalized spacial score (nSPS) is 22.5. The molecular formula is C19H23BrFN3O2S. The zero-order valence-corrected chi connectivity index (χ0v) is 17.6. The Morgan fingerprint density at radius 1 is 1.37 bits per heavy atom. The zero-order chi connectivity index (χ0) is 19.4. The van der Waals surface area contributed by atoms with Crippen LogP contribution in [0, 0.1) is 5.82 Å². The number of amidine groups is 1. The fraction of sp³-hybridized carbons (Fsp3) is 0.526. The van der Waals surface area contributed by atoms with E-state index >= 15 is 0 Å². The van der Waals surface area contributed by atoms with Crippen LogP contribution in [0.5, 0.6) is 0 Å². The number of benzene rings is 1. The van der Waals surface area contributed by atoms with Crippen molar-refractivity contribution in [3.05, 3.63) is 28.5 Å². The maximum absolute atomic E-state index is 14.1. The summed E-state index contributed by atoms with van der Waals surface area (Å²) in [7, 11) is 0. The highest BCUT2D eigenvalue weighted by Gasteiger charge is 2.38. The van der Waals surface area contributed by atoms with Crippen LogP contribution >= 0.6 is 27.7 Å². The number of rotatable bonds is 5. The van der Waals surface area contributed by atoms with Crippen LogP contribution in [0.15, 0.2) is 27.7 Å². The molecule has 1 saturated heterocycles. The molecule has 0 spiro atoms. The molecule has 146 valence electrons. The summed E-state index contributed by atoms with van der Waals surface area (Å²) < 4.78 is 14.7. The Labute approximate surface area is 171 Å². The van der Waals surface area contributed by atoms with Gasteiger partial charge in [-0.15, -0.1) is 0 Å². The molecule has 1 aromatic rings. The molecule has 8 heteroatoms. The minimum Gasteiger partial charge on any atom is -0.353 e. The molecule has 1 aromatic carbocycles. The molecule has 1 atom stereocenters. The van der Waals surface area contributed by atoms with E-state index in [0.29, 0.717) is 16.2 Å². The highest BCUT2D eigenvalue weighted by Crippen LogP contribution is 2.32. The molecule has 2 amide bonds. The summed E-state index contributed by atoms with van der Waals surface area (Å²) in [6.45, 7) is 2.28. The number of hydrogen-bond acceptors (Lipinski definition) is 4. The fourth-order valence-electron chi connectivity index (χ4n) is 3.39. The van der Waals surface area contributed by atoms with E-state index in [9.17, 15) is 14.0 Å². The molecule has 0 radical (unpaired) electrons. The molecule has 2 fully saturated rings. The number of carbonyl (C=O) groups excluding carboxylic acids is 2. The summed E-state index contributed by atoms with van der Waals surface area (Å²) in [6.07, 6.45) is 5.64. The Kier molecular flexibility index (Phi) is 6.92. The molecule has 1 heterocycles. The Balaban J connectivity index is 1.68. The van der Waals surface area contributed by atoms with E-state index in [0.717, 1.165) is 25.7 Å². The van der Waals surface area contributed by atoms with Crippen molar-refractivity contribution in [2.24, 2.45) is 4.99 Å². The second-order valence-electron chi connectivity index (χ2n) is 6.79. The topological polar surface area (TPSA) is 61.8 Å². The van der Waals surface area contributed by atoms with E-state index < -0.39 is 11.1 Å². The van der Waals surface area contributed by atoms with Crippen molar-refractivity contribution in [1.29, 1.82) is 0 Å². The van der Waals surface area contributed by atoms with Gasteiger partial charge in [0.05, 0.1) is 0 Å². The van der Waals surface area contributed by atoms with Gasteiger partial charge in [0.1, 0.15) is 16.8 Å². The average molecular weight is 456 g/mol. The first-order valence-electron chi connectivity index (χ1n) is 9.29. The van der Waals surface area contributed by atoms with Crippen LogP contribution in [0.1, 0.15) is 45.4 Å². The van der Waals surface area contributed by atoms with E-state index in [1.807, 2.05) is 6.92 Å². The van der Waals surface area contributed by atoms with E-state index in [2.05, 4.69) is 26.2 Å². The van der Waals surface area contributed by atoms with E-state index in [1.54, 1.807) is 12.1 Å². The number of halogens is 2. The predicted octanol–water partition coefficient (Wildman–Crippen LogP) is 4.38. The molecule has 2 aliphatic rings. The van der Waals surface area contributed by atoms with Gasteiger partial charge in [-0.2, -0.15) is 0 Å². The fourth-order valence-corrected chi connectivity index (χ4v) is 4.94. The van der Waals surface area contributed by atoms with Gasteiger partial charge in [0.25, 0.3) is 0 Å². The van der Waals surface area contributed by atoms with Gasteiger partial charge in [0.15, 0.2) is 5.17 Å². The lowest BCUT2D eigenvalue weighted by atomic mass is 9.95. The molecule has 1 aliphatic heterocycles. The Bertz CT molecular complexity index is 752. The van der Waals surface area contributed by atoms with Crippen molar-refractivity contribution in [3.63, 3.8) is 0 Å². The third-order valence-corrected chi connectivity index (χ3v) is 6.47. The van der Waals surface area contributed by atoms with Crippen LogP contribution in [0.2, 0.25) is 0 Å². The summed E-state index contributed by atoms with van der Waals surface area (Å²) in [5.74, 6) is -0.697. The van der Waals surface area contributed by atoms with Crippen LogP contribution in [0.25, 0.3) is 0 Å². The summed E-state index contributed by atoms with van der Waals surface area (Å²) in [5, 5.41) is 2.99. The largest absolute Gasteiger partial charge is 0.353 e. The van der Waals surface area contributed by atoms with Crippen molar-refractivity contribution in [3.8, 4) is 0 Å².